The predicted molar refractivity (Wildman–Crippen MR) is 83.9 cm³/mol. The van der Waals surface area contributed by atoms with E-state index in [0.717, 1.165) is 12.8 Å². The summed E-state index contributed by atoms with van der Waals surface area (Å²) in [4.78, 5) is 28.3. The van der Waals surface area contributed by atoms with Crippen molar-refractivity contribution < 1.29 is 19.1 Å². The van der Waals surface area contributed by atoms with Crippen LogP contribution in [0.4, 0.5) is 0 Å². The fourth-order valence-electron chi connectivity index (χ4n) is 3.57. The minimum absolute atomic E-state index is 0.0267. The van der Waals surface area contributed by atoms with Crippen LogP contribution in [0.2, 0.25) is 0 Å². The summed E-state index contributed by atoms with van der Waals surface area (Å²) < 4.78 is 10.9. The summed E-state index contributed by atoms with van der Waals surface area (Å²) in [6.07, 6.45) is 3.24. The molecular weight excluding hydrogens is 298 g/mol. The predicted octanol–water partition coefficient (Wildman–Crippen LogP) is -0.539. The van der Waals surface area contributed by atoms with E-state index >= 15 is 0 Å². The number of hydrogen-bond donors (Lipinski definition) is 1. The lowest BCUT2D eigenvalue weighted by molar-refractivity contribution is -0.204. The average Bonchev–Trinajstić information content (AvgIpc) is 2.42. The molecule has 3 fully saturated rings. The minimum Gasteiger partial charge on any atom is -0.383 e. The number of amides is 2. The van der Waals surface area contributed by atoms with Gasteiger partial charge in [0.25, 0.3) is 0 Å². The number of nitrogens with one attached hydrogen (secondary N) is 1. The summed E-state index contributed by atoms with van der Waals surface area (Å²) in [6, 6.07) is -0.270. The Kier molecular flexibility index (Phi) is 4.89. The van der Waals surface area contributed by atoms with Crippen molar-refractivity contribution in [1.29, 1.82) is 0 Å². The first kappa shape index (κ1) is 16.7. The molecule has 130 valence electrons. The van der Waals surface area contributed by atoms with E-state index in [-0.39, 0.29) is 29.4 Å². The molecule has 0 bridgehead atoms. The smallest absolute Gasteiger partial charge is 0.239 e. The number of rotatable bonds is 5. The van der Waals surface area contributed by atoms with E-state index in [4.69, 9.17) is 9.47 Å². The standard InChI is InChI=1S/C16H27N3O4/c1-18-9-16(10-19(11-16)15(21)12-4-3-5-12)23-8-13(18)14(20)17-6-7-22-2/h12-13H,3-11H2,1-2H3,(H,17,20)/t13-/m1/s1. The maximum absolute atomic E-state index is 12.2. The first-order chi connectivity index (χ1) is 11.0. The Labute approximate surface area is 137 Å². The molecule has 23 heavy (non-hydrogen) atoms. The van der Waals surface area contributed by atoms with E-state index in [1.807, 2.05) is 16.8 Å². The molecule has 2 aliphatic heterocycles. The van der Waals surface area contributed by atoms with Crippen molar-refractivity contribution >= 4 is 11.8 Å². The second-order valence-corrected chi connectivity index (χ2v) is 7.03. The summed E-state index contributed by atoms with van der Waals surface area (Å²) in [5.74, 6) is 0.502. The Morgan fingerprint density at radius 2 is 2.04 bits per heavy atom. The molecule has 1 aliphatic carbocycles. The Balaban J connectivity index is 1.45. The molecule has 2 heterocycles. The van der Waals surface area contributed by atoms with Crippen molar-refractivity contribution in [2.75, 3.05) is 53.6 Å². The Morgan fingerprint density at radius 1 is 1.30 bits per heavy atom. The van der Waals surface area contributed by atoms with Crippen LogP contribution in [0.1, 0.15) is 19.3 Å². The number of hydrogen-bond acceptors (Lipinski definition) is 5. The molecule has 3 rings (SSSR count). The van der Waals surface area contributed by atoms with Crippen molar-refractivity contribution in [2.24, 2.45) is 5.92 Å². The topological polar surface area (TPSA) is 71.1 Å². The normalized spacial score (nSPS) is 27.4. The van der Waals surface area contributed by atoms with Crippen LogP contribution in [0.3, 0.4) is 0 Å². The molecule has 2 saturated heterocycles. The molecule has 0 aromatic carbocycles. The highest BCUT2D eigenvalue weighted by atomic mass is 16.5. The van der Waals surface area contributed by atoms with E-state index in [0.29, 0.717) is 39.4 Å². The van der Waals surface area contributed by atoms with E-state index in [1.165, 1.54) is 6.42 Å². The number of likely N-dealkylation sites (N-methyl/N-ethyl adjacent to an activating group) is 1. The molecule has 0 aromatic heterocycles. The van der Waals surface area contributed by atoms with Crippen molar-refractivity contribution in [2.45, 2.75) is 30.9 Å². The van der Waals surface area contributed by atoms with Crippen molar-refractivity contribution in [3.05, 3.63) is 0 Å². The minimum atomic E-state index is -0.280. The molecule has 0 radical (unpaired) electrons. The highest BCUT2D eigenvalue weighted by Gasteiger charge is 2.52. The number of carbonyl (C=O) groups is 2. The van der Waals surface area contributed by atoms with Crippen LogP contribution in [0.25, 0.3) is 0 Å². The second-order valence-electron chi connectivity index (χ2n) is 7.03. The zero-order chi connectivity index (χ0) is 16.4. The van der Waals surface area contributed by atoms with E-state index in [9.17, 15) is 9.59 Å². The number of ether oxygens (including phenoxy) is 2. The third kappa shape index (κ3) is 3.36. The Morgan fingerprint density at radius 3 is 2.61 bits per heavy atom. The summed E-state index contributed by atoms with van der Waals surface area (Å²) >= 11 is 0. The number of carbonyl (C=O) groups excluding carboxylic acids is 2. The van der Waals surface area contributed by atoms with E-state index in [1.54, 1.807) is 7.11 Å². The summed E-state index contributed by atoms with van der Waals surface area (Å²) in [5.41, 5.74) is -0.280. The van der Waals surface area contributed by atoms with Gasteiger partial charge in [-0.05, 0) is 19.9 Å². The van der Waals surface area contributed by atoms with Gasteiger partial charge in [-0.15, -0.1) is 0 Å². The highest BCUT2D eigenvalue weighted by Crippen LogP contribution is 2.35. The quantitative estimate of drug-likeness (QED) is 0.688. The Bertz CT molecular complexity index is 460. The zero-order valence-electron chi connectivity index (χ0n) is 14.0. The van der Waals surface area contributed by atoms with Crippen LogP contribution >= 0.6 is 0 Å². The first-order valence-electron chi connectivity index (χ1n) is 8.44. The molecule has 1 saturated carbocycles. The molecule has 1 atom stereocenters. The SMILES string of the molecule is COCCNC(=O)[C@H]1COC2(CN(C(=O)C3CCC3)C2)CN1C. The van der Waals surface area contributed by atoms with E-state index in [2.05, 4.69) is 5.32 Å². The van der Waals surface area contributed by atoms with Crippen LogP contribution in [0.15, 0.2) is 0 Å². The lowest BCUT2D eigenvalue weighted by Gasteiger charge is -2.55. The van der Waals surface area contributed by atoms with Crippen LogP contribution < -0.4 is 5.32 Å². The fraction of sp³-hybridized carbons (Fsp3) is 0.875. The molecule has 7 nitrogen and oxygen atoms in total. The second kappa shape index (κ2) is 6.75. The van der Waals surface area contributed by atoms with Crippen LogP contribution in [0, 0.1) is 5.92 Å². The van der Waals surface area contributed by atoms with Gasteiger partial charge in [0.2, 0.25) is 11.8 Å². The van der Waals surface area contributed by atoms with Crippen LogP contribution in [-0.4, -0.2) is 86.8 Å². The monoisotopic (exact) mass is 325 g/mol. The molecule has 1 N–H and O–H groups in total. The van der Waals surface area contributed by atoms with Crippen LogP contribution in [0.5, 0.6) is 0 Å². The molecule has 3 aliphatic rings. The van der Waals surface area contributed by atoms with Gasteiger partial charge < -0.3 is 19.7 Å². The van der Waals surface area contributed by atoms with Gasteiger partial charge in [0.05, 0.1) is 26.3 Å². The maximum atomic E-state index is 12.2. The number of nitrogens with zero attached hydrogens (tertiary/aromatic N) is 2. The zero-order valence-corrected chi connectivity index (χ0v) is 14.0. The highest BCUT2D eigenvalue weighted by molar-refractivity contribution is 5.82. The maximum Gasteiger partial charge on any atom is 0.239 e. The number of likely N-dealkylation sites (tertiary alicyclic amines) is 1. The Hall–Kier alpha value is -1.18. The lowest BCUT2D eigenvalue weighted by Crippen LogP contribution is -2.73. The lowest BCUT2D eigenvalue weighted by atomic mass is 9.81. The van der Waals surface area contributed by atoms with Gasteiger partial charge in [0, 0.05) is 26.1 Å². The van der Waals surface area contributed by atoms with Crippen molar-refractivity contribution in [3.63, 3.8) is 0 Å². The molecule has 7 heteroatoms. The van der Waals surface area contributed by atoms with Gasteiger partial charge in [-0.2, -0.15) is 0 Å². The van der Waals surface area contributed by atoms with Gasteiger partial charge >= 0.3 is 0 Å². The molecule has 0 aromatic rings. The summed E-state index contributed by atoms with van der Waals surface area (Å²) in [6.45, 7) is 3.39. The van der Waals surface area contributed by atoms with Gasteiger partial charge in [0.1, 0.15) is 11.6 Å². The largest absolute Gasteiger partial charge is 0.383 e. The van der Waals surface area contributed by atoms with Crippen molar-refractivity contribution in [3.8, 4) is 0 Å². The molecule has 0 unspecified atom stereocenters. The fourth-order valence-corrected chi connectivity index (χ4v) is 3.57. The first-order valence-corrected chi connectivity index (χ1v) is 8.44. The van der Waals surface area contributed by atoms with Gasteiger partial charge in [-0.1, -0.05) is 6.42 Å². The van der Waals surface area contributed by atoms with Gasteiger partial charge in [-0.25, -0.2) is 0 Å². The molecule has 1 spiro atoms. The molecule has 2 amide bonds. The average molecular weight is 325 g/mol. The molecular formula is C16H27N3O4. The number of methoxy groups -OCH3 is 1. The van der Waals surface area contributed by atoms with Gasteiger partial charge in [-0.3, -0.25) is 14.5 Å². The summed E-state index contributed by atoms with van der Waals surface area (Å²) in [5, 5.41) is 2.85. The van der Waals surface area contributed by atoms with E-state index < -0.39 is 0 Å². The van der Waals surface area contributed by atoms with Crippen LogP contribution in [-0.2, 0) is 19.1 Å². The van der Waals surface area contributed by atoms with Gasteiger partial charge in [0.15, 0.2) is 0 Å². The third-order valence-electron chi connectivity index (χ3n) is 5.25. The number of morpholine rings is 1. The third-order valence-corrected chi connectivity index (χ3v) is 5.25. The summed E-state index contributed by atoms with van der Waals surface area (Å²) in [7, 11) is 3.56. The van der Waals surface area contributed by atoms with Crippen molar-refractivity contribution in [1.82, 2.24) is 15.1 Å².